The van der Waals surface area contributed by atoms with Crippen molar-refractivity contribution in [1.82, 2.24) is 19.0 Å². The zero-order valence-corrected chi connectivity index (χ0v) is 18.0. The molecule has 4 rings (SSSR count). The first-order valence-corrected chi connectivity index (χ1v) is 10.4. The monoisotopic (exact) mass is 468 g/mol. The van der Waals surface area contributed by atoms with Gasteiger partial charge in [0.2, 0.25) is 5.88 Å². The number of carboxylic acids is 1. The van der Waals surface area contributed by atoms with Crippen LogP contribution in [0.1, 0.15) is 22.8 Å². The van der Waals surface area contributed by atoms with E-state index in [1.54, 1.807) is 30.3 Å². The van der Waals surface area contributed by atoms with Gasteiger partial charge in [-0.3, -0.25) is 4.79 Å². The Bertz CT molecular complexity index is 1330. The van der Waals surface area contributed by atoms with Crippen molar-refractivity contribution in [1.29, 1.82) is 0 Å². The zero-order valence-electron chi connectivity index (χ0n) is 17.2. The van der Waals surface area contributed by atoms with Crippen LogP contribution in [0.4, 0.5) is 4.39 Å². The number of carboxylic acid groups (broad SMARTS) is 1. The number of ether oxygens (including phenoxy) is 2. The molecule has 0 radical (unpaired) electrons. The van der Waals surface area contributed by atoms with E-state index in [9.17, 15) is 14.0 Å². The second-order valence-corrected chi connectivity index (χ2v) is 7.44. The van der Waals surface area contributed by atoms with Crippen molar-refractivity contribution in [2.24, 2.45) is 0 Å². The molecule has 4 aromatic rings. The third-order valence-electron chi connectivity index (χ3n) is 4.58. The average molecular weight is 468 g/mol. The Balaban J connectivity index is 1.44. The molecule has 0 fully saturated rings. The summed E-state index contributed by atoms with van der Waals surface area (Å²) in [5.41, 5.74) is 1.78. The number of rotatable bonds is 8. The van der Waals surface area contributed by atoms with E-state index in [-0.39, 0.29) is 29.3 Å². The lowest BCUT2D eigenvalue weighted by molar-refractivity contribution is -0.144. The van der Waals surface area contributed by atoms with Gasteiger partial charge in [-0.25, -0.2) is 14.2 Å². The molecule has 2 aromatic carbocycles. The number of nitrogens with one attached hydrogen (secondary N) is 1. The summed E-state index contributed by atoms with van der Waals surface area (Å²) >= 11 is 1.09. The minimum absolute atomic E-state index is 0.0766. The second-order valence-electron chi connectivity index (χ2n) is 6.91. The summed E-state index contributed by atoms with van der Waals surface area (Å²) < 4.78 is 33.6. The number of carbonyl (C=O) groups is 2. The summed E-state index contributed by atoms with van der Waals surface area (Å²) in [6, 6.07) is 12.2. The highest BCUT2D eigenvalue weighted by Gasteiger charge is 2.17. The van der Waals surface area contributed by atoms with E-state index >= 15 is 0 Å². The highest BCUT2D eigenvalue weighted by Crippen LogP contribution is 2.26. The molecular weight excluding hydrogens is 451 g/mol. The number of amides is 1. The molecule has 0 unspecified atom stereocenters. The molecule has 168 valence electrons. The van der Waals surface area contributed by atoms with E-state index < -0.39 is 23.8 Å². The molecule has 0 aliphatic carbocycles. The maximum absolute atomic E-state index is 14.4. The maximum atomic E-state index is 14.4. The second kappa shape index (κ2) is 9.57. The molecule has 0 aliphatic heterocycles. The summed E-state index contributed by atoms with van der Waals surface area (Å²) in [5, 5.41) is 11.5. The molecule has 0 bridgehead atoms. The highest BCUT2D eigenvalue weighted by atomic mass is 32.1. The molecule has 0 aliphatic rings. The topological polar surface area (TPSA) is 124 Å². The van der Waals surface area contributed by atoms with Crippen LogP contribution in [0.15, 0.2) is 54.7 Å². The van der Waals surface area contributed by atoms with Gasteiger partial charge in [-0.15, -0.1) is 0 Å². The van der Waals surface area contributed by atoms with Crippen LogP contribution in [-0.4, -0.2) is 36.8 Å². The van der Waals surface area contributed by atoms with Crippen LogP contribution in [0.3, 0.4) is 0 Å². The minimum Gasteiger partial charge on any atom is -0.479 e. The van der Waals surface area contributed by atoms with Crippen LogP contribution in [0, 0.1) is 5.82 Å². The van der Waals surface area contributed by atoms with Gasteiger partial charge in [0.1, 0.15) is 33.9 Å². The summed E-state index contributed by atoms with van der Waals surface area (Å²) in [6.45, 7) is 1.23. The number of aliphatic carboxylic acids is 1. The summed E-state index contributed by atoms with van der Waals surface area (Å²) in [6.07, 6.45) is 0.373. The van der Waals surface area contributed by atoms with Crippen LogP contribution < -0.4 is 14.8 Å². The molecule has 0 saturated carbocycles. The number of hydrogen-bond acceptors (Lipinski definition) is 8. The molecule has 1 atom stereocenters. The molecule has 11 heteroatoms. The van der Waals surface area contributed by atoms with E-state index in [2.05, 4.69) is 19.0 Å². The number of carbonyl (C=O) groups excluding carboxylic acids is 1. The number of hydrogen-bond donors (Lipinski definition) is 2. The lowest BCUT2D eigenvalue weighted by Crippen LogP contribution is -2.24. The van der Waals surface area contributed by atoms with E-state index in [1.807, 2.05) is 0 Å². The van der Waals surface area contributed by atoms with E-state index in [4.69, 9.17) is 14.6 Å². The molecule has 2 aromatic heterocycles. The molecule has 1 amide bonds. The fraction of sp³-hybridized carbons (Fsp3) is 0.136. The van der Waals surface area contributed by atoms with Gasteiger partial charge in [0.05, 0.1) is 11.7 Å². The van der Waals surface area contributed by atoms with E-state index in [0.29, 0.717) is 11.3 Å². The Kier molecular flexibility index (Phi) is 6.41. The number of fused-ring (bicyclic) bond motifs is 1. The first-order valence-electron chi connectivity index (χ1n) is 9.72. The Morgan fingerprint density at radius 1 is 1.12 bits per heavy atom. The van der Waals surface area contributed by atoms with Crippen LogP contribution in [0.2, 0.25) is 0 Å². The normalized spacial score (nSPS) is 11.7. The number of pyridine rings is 1. The van der Waals surface area contributed by atoms with Gasteiger partial charge in [0, 0.05) is 30.4 Å². The van der Waals surface area contributed by atoms with Crippen molar-refractivity contribution in [2.45, 2.75) is 19.6 Å². The largest absolute Gasteiger partial charge is 0.479 e. The maximum Gasteiger partial charge on any atom is 0.344 e. The van der Waals surface area contributed by atoms with E-state index in [1.165, 1.54) is 25.3 Å². The summed E-state index contributed by atoms with van der Waals surface area (Å²) in [4.78, 5) is 27.7. The van der Waals surface area contributed by atoms with Crippen molar-refractivity contribution < 1.29 is 28.6 Å². The fourth-order valence-electron chi connectivity index (χ4n) is 2.85. The average Bonchev–Trinajstić information content (AvgIpc) is 3.26. The molecule has 33 heavy (non-hydrogen) atoms. The van der Waals surface area contributed by atoms with Crippen LogP contribution in [0.25, 0.3) is 11.0 Å². The summed E-state index contributed by atoms with van der Waals surface area (Å²) in [7, 11) is 0. The van der Waals surface area contributed by atoms with Gasteiger partial charge in [0.15, 0.2) is 6.10 Å². The smallest absolute Gasteiger partial charge is 0.344 e. The number of aromatic nitrogens is 3. The Labute approximate surface area is 191 Å². The van der Waals surface area contributed by atoms with Gasteiger partial charge in [-0.1, -0.05) is 6.07 Å². The van der Waals surface area contributed by atoms with E-state index in [0.717, 1.165) is 23.3 Å². The van der Waals surface area contributed by atoms with Crippen molar-refractivity contribution >= 4 is 34.6 Å². The predicted molar refractivity (Wildman–Crippen MR) is 117 cm³/mol. The lowest BCUT2D eigenvalue weighted by Gasteiger charge is -2.13. The van der Waals surface area contributed by atoms with Crippen molar-refractivity contribution in [3.63, 3.8) is 0 Å². The number of nitrogens with zero attached hydrogens (tertiary/aromatic N) is 3. The third kappa shape index (κ3) is 5.21. The van der Waals surface area contributed by atoms with Gasteiger partial charge < -0.3 is 19.9 Å². The summed E-state index contributed by atoms with van der Waals surface area (Å²) in [5.74, 6) is -1.70. The standard InChI is InChI=1S/C22H17FN4O5S/c1-12(22(29)30)31-14-5-4-13(17(23)9-14)11-25-20(28)16-3-2-8-24-21(16)32-15-6-7-18-19(10-15)27-33-26-18/h2-10,12H,11H2,1H3,(H,25,28)(H,29,30)/t12-/m1/s1. The highest BCUT2D eigenvalue weighted by molar-refractivity contribution is 7.00. The van der Waals surface area contributed by atoms with Gasteiger partial charge in [0.25, 0.3) is 5.91 Å². The van der Waals surface area contributed by atoms with Crippen molar-refractivity contribution in [3.05, 3.63) is 71.7 Å². The first kappa shape index (κ1) is 22.1. The lowest BCUT2D eigenvalue weighted by atomic mass is 10.2. The minimum atomic E-state index is -1.16. The molecule has 0 saturated heterocycles. The molecule has 2 N–H and O–H groups in total. The molecule has 0 spiro atoms. The predicted octanol–water partition coefficient (Wildman–Crippen LogP) is 3.80. The van der Waals surface area contributed by atoms with Crippen molar-refractivity contribution in [2.75, 3.05) is 0 Å². The van der Waals surface area contributed by atoms with Crippen LogP contribution in [-0.2, 0) is 11.3 Å². The Morgan fingerprint density at radius 2 is 1.91 bits per heavy atom. The third-order valence-corrected chi connectivity index (χ3v) is 5.14. The molecular formula is C22H17FN4O5S. The van der Waals surface area contributed by atoms with Crippen LogP contribution >= 0.6 is 11.7 Å². The number of benzene rings is 2. The first-order chi connectivity index (χ1) is 15.9. The van der Waals surface area contributed by atoms with Crippen LogP contribution in [0.5, 0.6) is 17.4 Å². The number of halogens is 1. The van der Waals surface area contributed by atoms with Gasteiger partial charge in [-0.2, -0.15) is 8.75 Å². The Hall–Kier alpha value is -4.12. The Morgan fingerprint density at radius 3 is 2.70 bits per heavy atom. The van der Waals surface area contributed by atoms with Crippen molar-refractivity contribution in [3.8, 4) is 17.4 Å². The fourth-order valence-corrected chi connectivity index (χ4v) is 3.37. The molecule has 2 heterocycles. The SMILES string of the molecule is C[C@@H](Oc1ccc(CNC(=O)c2cccnc2Oc2ccc3nsnc3c2)c(F)c1)C(=O)O. The van der Waals surface area contributed by atoms with Gasteiger partial charge in [-0.05, 0) is 37.3 Å². The van der Waals surface area contributed by atoms with Gasteiger partial charge >= 0.3 is 5.97 Å². The quantitative estimate of drug-likeness (QED) is 0.400. The molecule has 9 nitrogen and oxygen atoms in total. The zero-order chi connectivity index (χ0) is 23.4.